The zero-order valence-corrected chi connectivity index (χ0v) is 14.5. The van der Waals surface area contributed by atoms with Crippen molar-refractivity contribution < 1.29 is 4.79 Å². The van der Waals surface area contributed by atoms with E-state index in [4.69, 9.17) is 0 Å². The minimum absolute atomic E-state index is 0.0571. The molecule has 24 heavy (non-hydrogen) atoms. The van der Waals surface area contributed by atoms with Gasteiger partial charge >= 0.3 is 0 Å². The molecule has 4 rings (SSSR count). The van der Waals surface area contributed by atoms with Crippen LogP contribution in [0.2, 0.25) is 0 Å². The van der Waals surface area contributed by atoms with E-state index in [2.05, 4.69) is 22.3 Å². The van der Waals surface area contributed by atoms with Crippen LogP contribution in [0.15, 0.2) is 30.3 Å². The summed E-state index contributed by atoms with van der Waals surface area (Å²) in [6, 6.07) is 10.8. The van der Waals surface area contributed by atoms with E-state index in [1.165, 1.54) is 45.2 Å². The number of piperidine rings is 2. The second kappa shape index (κ2) is 6.60. The Bertz CT molecular complexity index is 734. The van der Waals surface area contributed by atoms with E-state index in [1.54, 1.807) is 0 Å². The number of para-hydroxylation sites is 1. The molecule has 2 aliphatic rings. The summed E-state index contributed by atoms with van der Waals surface area (Å²) < 4.78 is 2.00. The lowest BCUT2D eigenvalue weighted by atomic mass is 9.83. The molecule has 128 valence electrons. The van der Waals surface area contributed by atoms with Crippen LogP contribution < -0.4 is 5.32 Å². The second-order valence-electron chi connectivity index (χ2n) is 7.36. The topological polar surface area (TPSA) is 37.3 Å². The van der Waals surface area contributed by atoms with Gasteiger partial charge in [-0.15, -0.1) is 0 Å². The third-order valence-corrected chi connectivity index (χ3v) is 5.94. The average Bonchev–Trinajstić information content (AvgIpc) is 2.97. The van der Waals surface area contributed by atoms with Crippen LogP contribution in [0.1, 0.15) is 42.6 Å². The molecule has 0 saturated carbocycles. The first-order valence-corrected chi connectivity index (χ1v) is 9.31. The van der Waals surface area contributed by atoms with Crippen LogP contribution in [0.5, 0.6) is 0 Å². The number of aryl methyl sites for hydroxylation is 1. The van der Waals surface area contributed by atoms with Gasteiger partial charge in [-0.25, -0.2) is 0 Å². The van der Waals surface area contributed by atoms with Crippen molar-refractivity contribution in [1.29, 1.82) is 0 Å². The minimum Gasteiger partial charge on any atom is -0.350 e. The normalized spacial score (nSPS) is 24.7. The highest BCUT2D eigenvalue weighted by Gasteiger charge is 2.33. The monoisotopic (exact) mass is 325 g/mol. The Hall–Kier alpha value is -1.81. The molecule has 0 aliphatic carbocycles. The number of aromatic nitrogens is 1. The second-order valence-corrected chi connectivity index (χ2v) is 7.36. The van der Waals surface area contributed by atoms with Crippen molar-refractivity contribution in [2.75, 3.05) is 19.6 Å². The van der Waals surface area contributed by atoms with Crippen LogP contribution >= 0.6 is 0 Å². The molecule has 2 aromatic rings. The Morgan fingerprint density at radius 2 is 2.00 bits per heavy atom. The van der Waals surface area contributed by atoms with E-state index in [9.17, 15) is 4.79 Å². The fourth-order valence-corrected chi connectivity index (χ4v) is 4.64. The Kier molecular flexibility index (Phi) is 4.31. The fourth-order valence-electron chi connectivity index (χ4n) is 4.64. The Morgan fingerprint density at radius 3 is 2.88 bits per heavy atom. The van der Waals surface area contributed by atoms with Crippen molar-refractivity contribution in [3.8, 4) is 0 Å². The minimum atomic E-state index is 0.0571. The molecule has 0 radical (unpaired) electrons. The highest BCUT2D eigenvalue weighted by Crippen LogP contribution is 2.30. The van der Waals surface area contributed by atoms with Gasteiger partial charge < -0.3 is 14.8 Å². The number of carbonyl (C=O) groups is 1. The van der Waals surface area contributed by atoms with Crippen LogP contribution in [0.25, 0.3) is 10.9 Å². The van der Waals surface area contributed by atoms with Gasteiger partial charge in [0.05, 0.1) is 0 Å². The summed E-state index contributed by atoms with van der Waals surface area (Å²) >= 11 is 0. The van der Waals surface area contributed by atoms with Crippen LogP contribution in [-0.2, 0) is 7.05 Å². The van der Waals surface area contributed by atoms with Crippen molar-refractivity contribution in [3.05, 3.63) is 36.0 Å². The van der Waals surface area contributed by atoms with Gasteiger partial charge in [0, 0.05) is 30.5 Å². The average molecular weight is 325 g/mol. The zero-order valence-electron chi connectivity index (χ0n) is 14.5. The molecule has 1 N–H and O–H groups in total. The molecule has 1 aromatic heterocycles. The maximum atomic E-state index is 12.7. The van der Waals surface area contributed by atoms with Crippen LogP contribution in [-0.4, -0.2) is 41.1 Å². The van der Waals surface area contributed by atoms with E-state index >= 15 is 0 Å². The number of nitrogens with one attached hydrogen (secondary N) is 1. The molecule has 0 spiro atoms. The summed E-state index contributed by atoms with van der Waals surface area (Å²) in [5, 5.41) is 4.34. The Balaban J connectivity index is 1.44. The lowest BCUT2D eigenvalue weighted by Gasteiger charge is -2.44. The maximum absolute atomic E-state index is 12.7. The molecule has 2 saturated heterocycles. The van der Waals surface area contributed by atoms with Crippen LogP contribution in [0, 0.1) is 5.92 Å². The highest BCUT2D eigenvalue weighted by atomic mass is 16.1. The summed E-state index contributed by atoms with van der Waals surface area (Å²) in [7, 11) is 1.97. The smallest absolute Gasteiger partial charge is 0.267 e. The third-order valence-electron chi connectivity index (χ3n) is 5.94. The molecule has 1 aromatic carbocycles. The van der Waals surface area contributed by atoms with Crippen molar-refractivity contribution in [2.24, 2.45) is 13.0 Å². The number of fused-ring (bicyclic) bond motifs is 2. The summed E-state index contributed by atoms with van der Waals surface area (Å²) in [5.74, 6) is 0.666. The standard InChI is InChI=1S/C20H27N3O/c1-22-17-9-3-2-7-15(17)13-19(22)20(24)21-14-16-8-6-12-23-11-5-4-10-18(16)23/h2-3,7,9,13,16,18H,4-6,8,10-12,14H2,1H3,(H,21,24). The van der Waals surface area contributed by atoms with Gasteiger partial charge in [-0.1, -0.05) is 24.6 Å². The molecule has 3 heterocycles. The highest BCUT2D eigenvalue weighted by molar-refractivity contribution is 5.98. The molecule has 4 nitrogen and oxygen atoms in total. The van der Waals surface area contributed by atoms with Gasteiger partial charge in [0.2, 0.25) is 0 Å². The molecular formula is C20H27N3O. The van der Waals surface area contributed by atoms with Gasteiger partial charge in [0.25, 0.3) is 5.91 Å². The molecule has 2 aliphatic heterocycles. The summed E-state index contributed by atoms with van der Waals surface area (Å²) in [5.41, 5.74) is 1.87. The third kappa shape index (κ3) is 2.84. The number of amides is 1. The fraction of sp³-hybridized carbons (Fsp3) is 0.550. The van der Waals surface area contributed by atoms with E-state index in [1.807, 2.05) is 29.8 Å². The largest absolute Gasteiger partial charge is 0.350 e. The van der Waals surface area contributed by atoms with Crippen molar-refractivity contribution >= 4 is 16.8 Å². The Morgan fingerprint density at radius 1 is 1.17 bits per heavy atom. The van der Waals surface area contributed by atoms with E-state index in [0.717, 1.165) is 23.1 Å². The summed E-state index contributed by atoms with van der Waals surface area (Å²) in [4.78, 5) is 15.3. The lowest BCUT2D eigenvalue weighted by Crippen LogP contribution is -2.51. The van der Waals surface area contributed by atoms with E-state index in [-0.39, 0.29) is 5.91 Å². The number of hydrogen-bond acceptors (Lipinski definition) is 2. The summed E-state index contributed by atoms with van der Waals surface area (Å²) in [6.07, 6.45) is 6.50. The first kappa shape index (κ1) is 15.7. The molecule has 0 bridgehead atoms. The van der Waals surface area contributed by atoms with Crippen molar-refractivity contribution in [2.45, 2.75) is 38.1 Å². The van der Waals surface area contributed by atoms with Gasteiger partial charge in [0.15, 0.2) is 0 Å². The van der Waals surface area contributed by atoms with Crippen LogP contribution in [0.3, 0.4) is 0 Å². The van der Waals surface area contributed by atoms with E-state index in [0.29, 0.717) is 12.0 Å². The van der Waals surface area contributed by atoms with Gasteiger partial charge in [-0.2, -0.15) is 0 Å². The SMILES string of the molecule is Cn1c(C(=O)NCC2CCCN3CCCCC23)cc2ccccc21. The first-order chi connectivity index (χ1) is 11.7. The van der Waals surface area contributed by atoms with Gasteiger partial charge in [-0.3, -0.25) is 4.79 Å². The number of carbonyl (C=O) groups excluding carboxylic acids is 1. The Labute approximate surface area is 143 Å². The van der Waals surface area contributed by atoms with Gasteiger partial charge in [0.1, 0.15) is 5.69 Å². The molecule has 1 amide bonds. The first-order valence-electron chi connectivity index (χ1n) is 9.31. The predicted octanol–water partition coefficient (Wildman–Crippen LogP) is 3.17. The lowest BCUT2D eigenvalue weighted by molar-refractivity contribution is 0.0574. The summed E-state index contributed by atoms with van der Waals surface area (Å²) in [6.45, 7) is 3.30. The van der Waals surface area contributed by atoms with Crippen molar-refractivity contribution in [3.63, 3.8) is 0 Å². The van der Waals surface area contributed by atoms with Gasteiger partial charge in [-0.05, 0) is 56.8 Å². The quantitative estimate of drug-likeness (QED) is 0.941. The number of hydrogen-bond donors (Lipinski definition) is 1. The molecule has 2 fully saturated rings. The number of rotatable bonds is 3. The molecule has 4 heteroatoms. The number of nitrogens with zero attached hydrogens (tertiary/aromatic N) is 2. The van der Waals surface area contributed by atoms with Crippen LogP contribution in [0.4, 0.5) is 0 Å². The molecule has 2 atom stereocenters. The zero-order chi connectivity index (χ0) is 16.5. The predicted molar refractivity (Wildman–Crippen MR) is 97.2 cm³/mol. The molecular weight excluding hydrogens is 298 g/mol. The van der Waals surface area contributed by atoms with E-state index < -0.39 is 0 Å². The maximum Gasteiger partial charge on any atom is 0.267 e. The van der Waals surface area contributed by atoms with Crippen molar-refractivity contribution in [1.82, 2.24) is 14.8 Å². The number of benzene rings is 1. The molecule has 2 unspecified atom stereocenters.